The Morgan fingerprint density at radius 2 is 0.527 bits per heavy atom. The Kier molecular flexibility index (Phi) is 58.3. The average molecular weight is 1030 g/mol. The Balaban J connectivity index is 4.31. The van der Waals surface area contributed by atoms with Gasteiger partial charge in [0.05, 0.1) is 0 Å². The summed E-state index contributed by atoms with van der Waals surface area (Å²) in [4.78, 5) is 38.2. The molecule has 0 radical (unpaired) electrons. The summed E-state index contributed by atoms with van der Waals surface area (Å²) in [6.07, 6.45) is 83.7. The normalized spacial score (nSPS) is 12.9. The second-order valence-corrected chi connectivity index (χ2v) is 20.2. The van der Waals surface area contributed by atoms with E-state index in [4.69, 9.17) is 14.2 Å². The zero-order valence-corrected chi connectivity index (χ0v) is 48.3. The van der Waals surface area contributed by atoms with Gasteiger partial charge in [-0.25, -0.2) is 0 Å². The van der Waals surface area contributed by atoms with Crippen molar-refractivity contribution in [3.05, 3.63) is 109 Å². The van der Waals surface area contributed by atoms with Crippen molar-refractivity contribution in [3.63, 3.8) is 0 Å². The maximum atomic E-state index is 12.9. The zero-order valence-electron chi connectivity index (χ0n) is 48.3. The smallest absolute Gasteiger partial charge is 0.306 e. The molecule has 0 aliphatic heterocycles. The van der Waals surface area contributed by atoms with Gasteiger partial charge in [0.1, 0.15) is 13.2 Å². The van der Waals surface area contributed by atoms with Gasteiger partial charge in [-0.1, -0.05) is 265 Å². The lowest BCUT2D eigenvalue weighted by atomic mass is 10.1. The first-order chi connectivity index (χ1) is 36.5. The van der Waals surface area contributed by atoms with Crippen LogP contribution in [0.1, 0.15) is 284 Å². The Hall–Kier alpha value is -3.93. The van der Waals surface area contributed by atoms with Gasteiger partial charge in [0.25, 0.3) is 0 Å². The molecule has 0 amide bonds. The molecule has 0 aromatic rings. The molecule has 0 aromatic carbocycles. The van der Waals surface area contributed by atoms with E-state index in [9.17, 15) is 14.4 Å². The largest absolute Gasteiger partial charge is 0.462 e. The highest BCUT2D eigenvalue weighted by Gasteiger charge is 2.19. The van der Waals surface area contributed by atoms with Gasteiger partial charge < -0.3 is 14.2 Å². The summed E-state index contributed by atoms with van der Waals surface area (Å²) >= 11 is 0. The molecule has 0 aliphatic rings. The quantitative estimate of drug-likeness (QED) is 0.0261. The van der Waals surface area contributed by atoms with E-state index in [2.05, 4.69) is 130 Å². The van der Waals surface area contributed by atoms with Crippen LogP contribution in [0.15, 0.2) is 109 Å². The monoisotopic (exact) mass is 1030 g/mol. The molecule has 1 atom stereocenters. The summed E-state index contributed by atoms with van der Waals surface area (Å²) in [6.45, 7) is 6.49. The number of rotatable bonds is 55. The standard InChI is InChI=1S/C68H114O6/c1-4-7-10-13-16-19-22-24-26-28-29-30-31-32-33-34-35-36-37-38-39-40-42-43-46-49-52-55-58-61-67(70)73-64-65(63-72-66(69)60-57-54-51-48-45-21-18-15-12-9-6-3)74-68(71)62-59-56-53-50-47-44-41-27-25-23-20-17-14-11-8-5-2/h7,10,16,19-20,23-24,26-27,29-30,32-33,35-36,38-39,41,65H,4-6,8-9,11-15,17-18,21-22,25,28,31,34,37,40,42-64H2,1-3H3/b10-7-,19-16-,23-20-,26-24-,30-29-,33-32-,36-35-,39-38-,41-27-. The first kappa shape index (κ1) is 70.1. The molecule has 0 saturated heterocycles. The van der Waals surface area contributed by atoms with Crippen LogP contribution in [-0.2, 0) is 28.6 Å². The highest BCUT2D eigenvalue weighted by molar-refractivity contribution is 5.71. The van der Waals surface area contributed by atoms with E-state index < -0.39 is 6.10 Å². The SMILES string of the molecule is CC/C=C\C/C=C\C/C=C\C/C=C\C/C=C\C/C=C\C/C=C\CCCCCCCCCC(=O)OCC(COC(=O)CCCCCCCCCCCCC)OC(=O)CCCCCCC/C=C\C/C=C\CCCCCC. The fraction of sp³-hybridized carbons (Fsp3) is 0.691. The third-order valence-corrected chi connectivity index (χ3v) is 13.0. The van der Waals surface area contributed by atoms with E-state index in [1.807, 2.05) is 0 Å². The molecule has 0 aromatic heterocycles. The molecular formula is C68H114O6. The number of unbranched alkanes of at least 4 members (excludes halogenated alkanes) is 26. The van der Waals surface area contributed by atoms with Crippen LogP contribution < -0.4 is 0 Å². The van der Waals surface area contributed by atoms with Crippen LogP contribution in [0.3, 0.4) is 0 Å². The van der Waals surface area contributed by atoms with Gasteiger partial charge in [-0.15, -0.1) is 0 Å². The maximum absolute atomic E-state index is 12.9. The van der Waals surface area contributed by atoms with Crippen molar-refractivity contribution in [2.24, 2.45) is 0 Å². The van der Waals surface area contributed by atoms with E-state index in [0.717, 1.165) is 135 Å². The van der Waals surface area contributed by atoms with Crippen molar-refractivity contribution in [3.8, 4) is 0 Å². The lowest BCUT2D eigenvalue weighted by Gasteiger charge is -2.18. The lowest BCUT2D eigenvalue weighted by molar-refractivity contribution is -0.167. The Bertz CT molecular complexity index is 1510. The van der Waals surface area contributed by atoms with Crippen LogP contribution in [-0.4, -0.2) is 37.2 Å². The molecule has 0 rings (SSSR count). The third-order valence-electron chi connectivity index (χ3n) is 13.0. The second-order valence-electron chi connectivity index (χ2n) is 20.2. The molecule has 0 heterocycles. The molecule has 0 fully saturated rings. The third kappa shape index (κ3) is 59.0. The van der Waals surface area contributed by atoms with Crippen LogP contribution in [0, 0.1) is 0 Å². The molecular weight excluding hydrogens is 913 g/mol. The van der Waals surface area contributed by atoms with Crippen molar-refractivity contribution >= 4 is 17.9 Å². The number of carbonyl (C=O) groups is 3. The molecule has 74 heavy (non-hydrogen) atoms. The van der Waals surface area contributed by atoms with Crippen LogP contribution in [0.4, 0.5) is 0 Å². The summed E-state index contributed by atoms with van der Waals surface area (Å²) < 4.78 is 16.9. The average Bonchev–Trinajstić information content (AvgIpc) is 3.40. The summed E-state index contributed by atoms with van der Waals surface area (Å²) in [5.74, 6) is -0.908. The molecule has 0 spiro atoms. The molecule has 0 aliphatic carbocycles. The predicted molar refractivity (Wildman–Crippen MR) is 320 cm³/mol. The van der Waals surface area contributed by atoms with Crippen molar-refractivity contribution < 1.29 is 28.6 Å². The first-order valence-corrected chi connectivity index (χ1v) is 30.9. The van der Waals surface area contributed by atoms with Gasteiger partial charge in [-0.05, 0) is 109 Å². The van der Waals surface area contributed by atoms with Gasteiger partial charge in [0.15, 0.2) is 6.10 Å². The minimum absolute atomic E-state index is 0.0859. The molecule has 6 heteroatoms. The van der Waals surface area contributed by atoms with Crippen molar-refractivity contribution in [1.82, 2.24) is 0 Å². The molecule has 1 unspecified atom stereocenters. The molecule has 422 valence electrons. The topological polar surface area (TPSA) is 78.9 Å². The minimum Gasteiger partial charge on any atom is -0.462 e. The number of hydrogen-bond donors (Lipinski definition) is 0. The van der Waals surface area contributed by atoms with Crippen molar-refractivity contribution in [2.75, 3.05) is 13.2 Å². The van der Waals surface area contributed by atoms with Crippen LogP contribution in [0.2, 0.25) is 0 Å². The van der Waals surface area contributed by atoms with E-state index in [1.165, 1.54) is 109 Å². The molecule has 0 saturated carbocycles. The Morgan fingerprint density at radius 1 is 0.284 bits per heavy atom. The fourth-order valence-electron chi connectivity index (χ4n) is 8.39. The van der Waals surface area contributed by atoms with Gasteiger partial charge >= 0.3 is 17.9 Å². The summed E-state index contributed by atoms with van der Waals surface area (Å²) in [5, 5.41) is 0. The number of esters is 3. The zero-order chi connectivity index (χ0) is 53.6. The number of allylic oxidation sites excluding steroid dienone is 18. The van der Waals surface area contributed by atoms with Gasteiger partial charge in [-0.2, -0.15) is 0 Å². The molecule has 0 bridgehead atoms. The van der Waals surface area contributed by atoms with Crippen LogP contribution >= 0.6 is 0 Å². The summed E-state index contributed by atoms with van der Waals surface area (Å²) in [7, 11) is 0. The minimum atomic E-state index is -0.790. The van der Waals surface area contributed by atoms with Gasteiger partial charge in [-0.3, -0.25) is 14.4 Å². The Labute approximate surface area is 457 Å². The molecule has 0 N–H and O–H groups in total. The molecule has 6 nitrogen and oxygen atoms in total. The van der Waals surface area contributed by atoms with E-state index in [0.29, 0.717) is 19.3 Å². The highest BCUT2D eigenvalue weighted by atomic mass is 16.6. The number of ether oxygens (including phenoxy) is 3. The van der Waals surface area contributed by atoms with Crippen LogP contribution in [0.25, 0.3) is 0 Å². The lowest BCUT2D eigenvalue weighted by Crippen LogP contribution is -2.30. The highest BCUT2D eigenvalue weighted by Crippen LogP contribution is 2.15. The number of carbonyl (C=O) groups excluding carboxylic acids is 3. The second kappa shape index (κ2) is 61.6. The van der Waals surface area contributed by atoms with E-state index >= 15 is 0 Å². The van der Waals surface area contributed by atoms with E-state index in [1.54, 1.807) is 0 Å². The summed E-state index contributed by atoms with van der Waals surface area (Å²) in [5.41, 5.74) is 0. The fourth-order valence-corrected chi connectivity index (χ4v) is 8.39. The number of hydrogen-bond acceptors (Lipinski definition) is 6. The van der Waals surface area contributed by atoms with E-state index in [-0.39, 0.29) is 31.1 Å². The van der Waals surface area contributed by atoms with Gasteiger partial charge in [0.2, 0.25) is 0 Å². The van der Waals surface area contributed by atoms with Crippen LogP contribution in [0.5, 0.6) is 0 Å². The first-order valence-electron chi connectivity index (χ1n) is 30.9. The summed E-state index contributed by atoms with van der Waals surface area (Å²) in [6, 6.07) is 0. The van der Waals surface area contributed by atoms with Gasteiger partial charge in [0, 0.05) is 19.3 Å². The predicted octanol–water partition coefficient (Wildman–Crippen LogP) is 21.0. The maximum Gasteiger partial charge on any atom is 0.306 e. The van der Waals surface area contributed by atoms with Crippen molar-refractivity contribution in [2.45, 2.75) is 290 Å². The Morgan fingerprint density at radius 3 is 0.838 bits per heavy atom. The van der Waals surface area contributed by atoms with Crippen molar-refractivity contribution in [1.29, 1.82) is 0 Å².